The van der Waals surface area contributed by atoms with Gasteiger partial charge in [-0.1, -0.05) is 24.3 Å². The maximum Gasteiger partial charge on any atom is 0.224 e. The number of fused-ring (bicyclic) bond motifs is 1. The zero-order valence-electron chi connectivity index (χ0n) is 12.6. The summed E-state index contributed by atoms with van der Waals surface area (Å²) in [6.07, 6.45) is 2.20. The Morgan fingerprint density at radius 1 is 1.09 bits per heavy atom. The molecule has 1 saturated carbocycles. The first kappa shape index (κ1) is 14.4. The van der Waals surface area contributed by atoms with E-state index in [1.807, 2.05) is 6.07 Å². The molecule has 0 spiro atoms. The zero-order chi connectivity index (χ0) is 16.0. The molecule has 0 bridgehead atoms. The minimum Gasteiger partial charge on any atom is -0.349 e. The summed E-state index contributed by atoms with van der Waals surface area (Å²) in [6, 6.07) is 11.3. The van der Waals surface area contributed by atoms with E-state index in [-0.39, 0.29) is 35.4 Å². The van der Waals surface area contributed by atoms with Gasteiger partial charge in [-0.05, 0) is 60.1 Å². The molecule has 0 aromatic heterocycles. The smallest absolute Gasteiger partial charge is 0.224 e. The molecule has 3 atom stereocenters. The van der Waals surface area contributed by atoms with Crippen molar-refractivity contribution in [3.8, 4) is 0 Å². The number of halogens is 2. The monoisotopic (exact) mass is 313 g/mol. The molecule has 0 heterocycles. The summed E-state index contributed by atoms with van der Waals surface area (Å²) >= 11 is 0. The van der Waals surface area contributed by atoms with Crippen molar-refractivity contribution in [3.63, 3.8) is 0 Å². The fourth-order valence-corrected chi connectivity index (χ4v) is 3.60. The molecule has 4 rings (SSSR count). The van der Waals surface area contributed by atoms with Crippen LogP contribution in [0.3, 0.4) is 0 Å². The van der Waals surface area contributed by atoms with E-state index < -0.39 is 0 Å². The summed E-state index contributed by atoms with van der Waals surface area (Å²) in [6.45, 7) is 0. The van der Waals surface area contributed by atoms with Crippen LogP contribution in [0.15, 0.2) is 42.5 Å². The van der Waals surface area contributed by atoms with Crippen molar-refractivity contribution in [1.29, 1.82) is 0 Å². The summed E-state index contributed by atoms with van der Waals surface area (Å²) in [4.78, 5) is 12.4. The Labute approximate surface area is 133 Å². The molecular formula is C19H17F2NO. The summed E-state index contributed by atoms with van der Waals surface area (Å²) < 4.78 is 26.7. The van der Waals surface area contributed by atoms with E-state index in [0.717, 1.165) is 29.5 Å². The number of carbonyl (C=O) groups is 1. The van der Waals surface area contributed by atoms with Crippen LogP contribution in [0.2, 0.25) is 0 Å². The number of carbonyl (C=O) groups excluding carboxylic acids is 1. The lowest BCUT2D eigenvalue weighted by atomic mass is 10.1. The van der Waals surface area contributed by atoms with Gasteiger partial charge in [0.1, 0.15) is 11.6 Å². The number of benzene rings is 2. The molecule has 23 heavy (non-hydrogen) atoms. The lowest BCUT2D eigenvalue weighted by Gasteiger charge is -2.14. The topological polar surface area (TPSA) is 29.1 Å². The van der Waals surface area contributed by atoms with Crippen LogP contribution < -0.4 is 5.32 Å². The number of amides is 1. The normalized spacial score (nSPS) is 25.0. The van der Waals surface area contributed by atoms with E-state index in [2.05, 4.69) is 5.32 Å². The first-order valence-corrected chi connectivity index (χ1v) is 7.96. The molecule has 2 aromatic rings. The number of hydrogen-bond acceptors (Lipinski definition) is 1. The minimum absolute atomic E-state index is 0.0152. The van der Waals surface area contributed by atoms with Gasteiger partial charge in [0.15, 0.2) is 0 Å². The first-order chi connectivity index (χ1) is 11.1. The number of hydrogen-bond donors (Lipinski definition) is 1. The SMILES string of the molecule is O=C(NC1CCc2c(F)cccc21)C1CC1c1ccc(F)cc1. The lowest BCUT2D eigenvalue weighted by molar-refractivity contribution is -0.123. The molecule has 4 heteroatoms. The van der Waals surface area contributed by atoms with Crippen molar-refractivity contribution < 1.29 is 13.6 Å². The first-order valence-electron chi connectivity index (χ1n) is 7.96. The van der Waals surface area contributed by atoms with Crippen molar-refractivity contribution in [3.05, 3.63) is 70.8 Å². The molecule has 118 valence electrons. The maximum atomic E-state index is 13.7. The largest absolute Gasteiger partial charge is 0.349 e. The molecule has 0 saturated heterocycles. The Hall–Kier alpha value is -2.23. The van der Waals surface area contributed by atoms with Gasteiger partial charge < -0.3 is 5.32 Å². The van der Waals surface area contributed by atoms with Gasteiger partial charge in [0, 0.05) is 5.92 Å². The highest BCUT2D eigenvalue weighted by atomic mass is 19.1. The van der Waals surface area contributed by atoms with Gasteiger partial charge in [0.2, 0.25) is 5.91 Å². The average molecular weight is 313 g/mol. The minimum atomic E-state index is -0.264. The average Bonchev–Trinajstić information content (AvgIpc) is 3.24. The van der Waals surface area contributed by atoms with Gasteiger partial charge in [-0.15, -0.1) is 0 Å². The quantitative estimate of drug-likeness (QED) is 0.915. The van der Waals surface area contributed by atoms with Crippen LogP contribution in [-0.4, -0.2) is 5.91 Å². The molecular weight excluding hydrogens is 296 g/mol. The Bertz CT molecular complexity index is 756. The molecule has 0 radical (unpaired) electrons. The second-order valence-electron chi connectivity index (χ2n) is 6.41. The van der Waals surface area contributed by atoms with Crippen LogP contribution in [0.4, 0.5) is 8.78 Å². The lowest BCUT2D eigenvalue weighted by Crippen LogP contribution is -2.28. The zero-order valence-corrected chi connectivity index (χ0v) is 12.6. The van der Waals surface area contributed by atoms with E-state index in [1.54, 1.807) is 18.2 Å². The van der Waals surface area contributed by atoms with Crippen LogP contribution in [-0.2, 0) is 11.2 Å². The van der Waals surface area contributed by atoms with Crippen LogP contribution in [0.5, 0.6) is 0 Å². The summed E-state index contributed by atoms with van der Waals surface area (Å²) in [5.41, 5.74) is 2.63. The standard InChI is InChI=1S/C19H17F2NO/c20-12-6-4-11(5-7-12)15-10-16(15)19(23)22-18-9-8-13-14(18)2-1-3-17(13)21/h1-7,15-16,18H,8-10H2,(H,22,23). The van der Waals surface area contributed by atoms with Crippen LogP contribution in [0, 0.1) is 17.6 Å². The van der Waals surface area contributed by atoms with Gasteiger partial charge in [-0.3, -0.25) is 4.79 Å². The van der Waals surface area contributed by atoms with Gasteiger partial charge in [-0.2, -0.15) is 0 Å². The number of rotatable bonds is 3. The Balaban J connectivity index is 1.43. The molecule has 3 unspecified atom stereocenters. The fraction of sp³-hybridized carbons (Fsp3) is 0.316. The Kier molecular flexibility index (Phi) is 3.40. The number of nitrogens with one attached hydrogen (secondary N) is 1. The van der Waals surface area contributed by atoms with Crippen molar-refractivity contribution in [1.82, 2.24) is 5.32 Å². The van der Waals surface area contributed by atoms with Crippen LogP contribution >= 0.6 is 0 Å². The molecule has 0 aliphatic heterocycles. The molecule has 1 fully saturated rings. The summed E-state index contributed by atoms with van der Waals surface area (Å²) in [5, 5.41) is 3.06. The Morgan fingerprint density at radius 3 is 2.65 bits per heavy atom. The van der Waals surface area contributed by atoms with Gasteiger partial charge in [-0.25, -0.2) is 8.78 Å². The van der Waals surface area contributed by atoms with E-state index in [9.17, 15) is 13.6 Å². The van der Waals surface area contributed by atoms with E-state index in [0.29, 0.717) is 6.42 Å². The van der Waals surface area contributed by atoms with Crippen molar-refractivity contribution >= 4 is 5.91 Å². The van der Waals surface area contributed by atoms with Crippen molar-refractivity contribution in [2.24, 2.45) is 5.92 Å². The molecule has 2 aromatic carbocycles. The second kappa shape index (κ2) is 5.44. The molecule has 1 amide bonds. The highest BCUT2D eigenvalue weighted by Gasteiger charge is 2.44. The molecule has 1 N–H and O–H groups in total. The fourth-order valence-electron chi connectivity index (χ4n) is 3.60. The molecule has 2 nitrogen and oxygen atoms in total. The third-order valence-electron chi connectivity index (χ3n) is 4.96. The van der Waals surface area contributed by atoms with Crippen molar-refractivity contribution in [2.75, 3.05) is 0 Å². The van der Waals surface area contributed by atoms with Gasteiger partial charge in [0.25, 0.3) is 0 Å². The van der Waals surface area contributed by atoms with Gasteiger partial charge >= 0.3 is 0 Å². The Morgan fingerprint density at radius 2 is 1.87 bits per heavy atom. The summed E-state index contributed by atoms with van der Waals surface area (Å²) in [5.74, 6) is -0.321. The predicted molar refractivity (Wildman–Crippen MR) is 82.9 cm³/mol. The predicted octanol–water partition coefficient (Wildman–Crippen LogP) is 3.87. The highest BCUT2D eigenvalue weighted by molar-refractivity contribution is 5.83. The molecule has 2 aliphatic rings. The molecule has 2 aliphatic carbocycles. The van der Waals surface area contributed by atoms with Gasteiger partial charge in [0.05, 0.1) is 6.04 Å². The van der Waals surface area contributed by atoms with Crippen LogP contribution in [0.25, 0.3) is 0 Å². The van der Waals surface area contributed by atoms with E-state index in [4.69, 9.17) is 0 Å². The third kappa shape index (κ3) is 2.62. The highest BCUT2D eigenvalue weighted by Crippen LogP contribution is 2.48. The van der Waals surface area contributed by atoms with E-state index >= 15 is 0 Å². The second-order valence-corrected chi connectivity index (χ2v) is 6.41. The summed E-state index contributed by atoms with van der Waals surface area (Å²) in [7, 11) is 0. The van der Waals surface area contributed by atoms with E-state index in [1.165, 1.54) is 18.2 Å². The van der Waals surface area contributed by atoms with Crippen molar-refractivity contribution in [2.45, 2.75) is 31.2 Å². The maximum absolute atomic E-state index is 13.7. The third-order valence-corrected chi connectivity index (χ3v) is 4.96. The van der Waals surface area contributed by atoms with Crippen LogP contribution in [0.1, 0.15) is 41.5 Å².